The molecule has 2 amide bonds. The van der Waals surface area contributed by atoms with Gasteiger partial charge in [-0.15, -0.1) is 0 Å². The van der Waals surface area contributed by atoms with Gasteiger partial charge in [0.05, 0.1) is 0 Å². The SMILES string of the molecule is O=C(CNC(=O)OCc1ccccc1)OC[C@H](NC(=O)OCc1ccccc1)C(=O)O. The summed E-state index contributed by atoms with van der Waals surface area (Å²) in [6, 6.07) is 16.2. The topological polar surface area (TPSA) is 140 Å². The number of benzene rings is 2. The second kappa shape index (κ2) is 12.5. The van der Waals surface area contributed by atoms with Crippen molar-refractivity contribution in [3.05, 3.63) is 71.8 Å². The molecule has 0 unspecified atom stereocenters. The van der Waals surface area contributed by atoms with Crippen LogP contribution in [-0.2, 0) is 37.0 Å². The Morgan fingerprint density at radius 2 is 1.29 bits per heavy atom. The van der Waals surface area contributed by atoms with Crippen LogP contribution in [0.5, 0.6) is 0 Å². The molecular formula is C21H22N2O8. The Morgan fingerprint density at radius 3 is 1.81 bits per heavy atom. The molecule has 0 radical (unpaired) electrons. The average Bonchev–Trinajstić information content (AvgIpc) is 2.78. The minimum atomic E-state index is -1.52. The summed E-state index contributed by atoms with van der Waals surface area (Å²) >= 11 is 0. The molecule has 0 aliphatic carbocycles. The number of carboxylic acids is 1. The standard InChI is InChI=1S/C21H22N2O8/c24-18(11-22-20(27)30-12-15-7-3-1-4-8-15)29-14-17(19(25)26)23-21(28)31-13-16-9-5-2-6-10-16/h1-10,17H,11-14H2,(H,22,27)(H,23,28)(H,25,26)/t17-/m0/s1. The van der Waals surface area contributed by atoms with E-state index in [0.717, 1.165) is 11.1 Å². The molecular weight excluding hydrogens is 408 g/mol. The van der Waals surface area contributed by atoms with E-state index in [2.05, 4.69) is 10.6 Å². The lowest BCUT2D eigenvalue weighted by Gasteiger charge is -2.15. The van der Waals surface area contributed by atoms with Gasteiger partial charge in [-0.1, -0.05) is 60.7 Å². The van der Waals surface area contributed by atoms with Crippen molar-refractivity contribution in [3.63, 3.8) is 0 Å². The molecule has 0 aliphatic heterocycles. The number of carbonyl (C=O) groups excluding carboxylic acids is 3. The van der Waals surface area contributed by atoms with Crippen molar-refractivity contribution in [2.24, 2.45) is 0 Å². The predicted molar refractivity (Wildman–Crippen MR) is 107 cm³/mol. The molecule has 1 atom stereocenters. The maximum atomic E-state index is 11.8. The van der Waals surface area contributed by atoms with E-state index in [9.17, 15) is 19.2 Å². The van der Waals surface area contributed by atoms with Crippen molar-refractivity contribution in [1.29, 1.82) is 0 Å². The van der Waals surface area contributed by atoms with Crippen molar-refractivity contribution in [2.75, 3.05) is 13.2 Å². The van der Waals surface area contributed by atoms with Crippen molar-refractivity contribution < 1.29 is 38.5 Å². The van der Waals surface area contributed by atoms with E-state index in [4.69, 9.17) is 19.3 Å². The van der Waals surface area contributed by atoms with Gasteiger partial charge >= 0.3 is 24.1 Å². The number of alkyl carbamates (subject to hydrolysis) is 2. The number of ether oxygens (including phenoxy) is 3. The first-order valence-corrected chi connectivity index (χ1v) is 9.24. The number of hydrogen-bond donors (Lipinski definition) is 3. The summed E-state index contributed by atoms with van der Waals surface area (Å²) in [6.07, 6.45) is -1.81. The lowest BCUT2D eigenvalue weighted by molar-refractivity contribution is -0.147. The number of nitrogens with one attached hydrogen (secondary N) is 2. The summed E-state index contributed by atoms with van der Waals surface area (Å²) in [5, 5.41) is 13.5. The first-order valence-electron chi connectivity index (χ1n) is 9.24. The van der Waals surface area contributed by atoms with E-state index in [1.165, 1.54) is 0 Å². The summed E-state index contributed by atoms with van der Waals surface area (Å²) in [4.78, 5) is 46.3. The molecule has 164 valence electrons. The van der Waals surface area contributed by atoms with Gasteiger partial charge in [-0.3, -0.25) is 4.79 Å². The van der Waals surface area contributed by atoms with Gasteiger partial charge < -0.3 is 30.0 Å². The second-order valence-corrected chi connectivity index (χ2v) is 6.20. The van der Waals surface area contributed by atoms with Gasteiger partial charge in [0.25, 0.3) is 0 Å². The molecule has 10 nitrogen and oxygen atoms in total. The smallest absolute Gasteiger partial charge is 0.408 e. The molecule has 0 saturated heterocycles. The van der Waals surface area contributed by atoms with Crippen molar-refractivity contribution in [2.45, 2.75) is 19.3 Å². The largest absolute Gasteiger partial charge is 0.480 e. The lowest BCUT2D eigenvalue weighted by atomic mass is 10.2. The summed E-state index contributed by atoms with van der Waals surface area (Å²) < 4.78 is 14.6. The van der Waals surface area contributed by atoms with Crippen LogP contribution in [-0.4, -0.2) is 48.4 Å². The first-order chi connectivity index (χ1) is 14.9. The molecule has 31 heavy (non-hydrogen) atoms. The van der Waals surface area contributed by atoms with Gasteiger partial charge in [0.1, 0.15) is 26.4 Å². The molecule has 0 bridgehead atoms. The summed E-state index contributed by atoms with van der Waals surface area (Å²) in [6.45, 7) is -1.20. The van der Waals surface area contributed by atoms with Crippen molar-refractivity contribution in [1.82, 2.24) is 10.6 Å². The molecule has 0 aliphatic rings. The molecule has 3 N–H and O–H groups in total. The Hall–Kier alpha value is -4.08. The molecule has 2 rings (SSSR count). The summed E-state index contributed by atoms with van der Waals surface area (Å²) in [7, 11) is 0. The van der Waals surface area contributed by atoms with Crippen molar-refractivity contribution in [3.8, 4) is 0 Å². The highest BCUT2D eigenvalue weighted by Crippen LogP contribution is 2.02. The fraction of sp³-hybridized carbons (Fsp3) is 0.238. The van der Waals surface area contributed by atoms with E-state index in [-0.39, 0.29) is 13.2 Å². The predicted octanol–water partition coefficient (Wildman–Crippen LogP) is 1.84. The van der Waals surface area contributed by atoms with Crippen LogP contribution < -0.4 is 10.6 Å². The molecule has 0 aromatic heterocycles. The summed E-state index contributed by atoms with van der Waals surface area (Å²) in [5.74, 6) is -2.32. The number of amides is 2. The van der Waals surface area contributed by atoms with Crippen LogP contribution in [0, 0.1) is 0 Å². The Labute approximate surface area is 178 Å². The monoisotopic (exact) mass is 430 g/mol. The minimum absolute atomic E-state index is 0.0256. The fourth-order valence-corrected chi connectivity index (χ4v) is 2.23. The first kappa shape index (κ1) is 23.2. The second-order valence-electron chi connectivity index (χ2n) is 6.20. The zero-order chi connectivity index (χ0) is 22.5. The highest BCUT2D eigenvalue weighted by molar-refractivity contribution is 5.81. The van der Waals surface area contributed by atoms with Crippen LogP contribution in [0.3, 0.4) is 0 Å². The van der Waals surface area contributed by atoms with Crippen LogP contribution >= 0.6 is 0 Å². The van der Waals surface area contributed by atoms with E-state index in [1.54, 1.807) is 54.6 Å². The Morgan fingerprint density at radius 1 is 0.774 bits per heavy atom. The van der Waals surface area contributed by atoms with E-state index >= 15 is 0 Å². The zero-order valence-corrected chi connectivity index (χ0v) is 16.5. The maximum absolute atomic E-state index is 11.8. The zero-order valence-electron chi connectivity index (χ0n) is 16.5. The lowest BCUT2D eigenvalue weighted by Crippen LogP contribution is -2.45. The van der Waals surface area contributed by atoms with Crippen LogP contribution in [0.1, 0.15) is 11.1 Å². The number of esters is 1. The van der Waals surface area contributed by atoms with Crippen LogP contribution in [0.15, 0.2) is 60.7 Å². The van der Waals surface area contributed by atoms with Gasteiger partial charge in [0, 0.05) is 0 Å². The third-order valence-electron chi connectivity index (χ3n) is 3.80. The Kier molecular flexibility index (Phi) is 9.34. The van der Waals surface area contributed by atoms with Crippen LogP contribution in [0.25, 0.3) is 0 Å². The highest BCUT2D eigenvalue weighted by atomic mass is 16.6. The van der Waals surface area contributed by atoms with Crippen LogP contribution in [0.4, 0.5) is 9.59 Å². The number of aliphatic carboxylic acids is 1. The molecule has 0 spiro atoms. The summed E-state index contributed by atoms with van der Waals surface area (Å²) in [5.41, 5.74) is 1.50. The van der Waals surface area contributed by atoms with Gasteiger partial charge in [0.2, 0.25) is 0 Å². The highest BCUT2D eigenvalue weighted by Gasteiger charge is 2.23. The number of hydrogen-bond acceptors (Lipinski definition) is 7. The van der Waals surface area contributed by atoms with Gasteiger partial charge in [-0.25, -0.2) is 14.4 Å². The molecule has 0 fully saturated rings. The van der Waals surface area contributed by atoms with E-state index < -0.39 is 43.3 Å². The number of carbonyl (C=O) groups is 4. The van der Waals surface area contributed by atoms with E-state index in [1.807, 2.05) is 6.07 Å². The molecule has 2 aromatic carbocycles. The molecule has 0 heterocycles. The van der Waals surface area contributed by atoms with E-state index in [0.29, 0.717) is 0 Å². The van der Waals surface area contributed by atoms with Crippen LogP contribution in [0.2, 0.25) is 0 Å². The fourth-order valence-electron chi connectivity index (χ4n) is 2.23. The molecule has 10 heteroatoms. The van der Waals surface area contributed by atoms with Gasteiger partial charge in [-0.05, 0) is 11.1 Å². The maximum Gasteiger partial charge on any atom is 0.408 e. The van der Waals surface area contributed by atoms with Gasteiger partial charge in [0.15, 0.2) is 6.04 Å². The van der Waals surface area contributed by atoms with Crippen molar-refractivity contribution >= 4 is 24.1 Å². The Bertz CT molecular complexity index is 873. The number of rotatable bonds is 10. The normalized spacial score (nSPS) is 11.0. The van der Waals surface area contributed by atoms with Gasteiger partial charge in [-0.2, -0.15) is 0 Å². The average molecular weight is 430 g/mol. The molecule has 2 aromatic rings. The minimum Gasteiger partial charge on any atom is -0.480 e. The number of carboxylic acid groups (broad SMARTS) is 1. The third kappa shape index (κ3) is 9.31. The molecule has 0 saturated carbocycles. The Balaban J connectivity index is 1.66. The quantitative estimate of drug-likeness (QED) is 0.383. The third-order valence-corrected chi connectivity index (χ3v) is 3.80.